The summed E-state index contributed by atoms with van der Waals surface area (Å²) in [4.78, 5) is 25.2. The van der Waals surface area contributed by atoms with Gasteiger partial charge in [-0.3, -0.25) is 9.59 Å². The van der Waals surface area contributed by atoms with Crippen LogP contribution in [0, 0.1) is 0 Å². The lowest BCUT2D eigenvalue weighted by molar-refractivity contribution is -0.137. The maximum absolute atomic E-state index is 12.4. The van der Waals surface area contributed by atoms with Crippen LogP contribution in [0.3, 0.4) is 0 Å². The van der Waals surface area contributed by atoms with Gasteiger partial charge in [0.15, 0.2) is 0 Å². The fourth-order valence-corrected chi connectivity index (χ4v) is 4.05. The van der Waals surface area contributed by atoms with Crippen LogP contribution in [0.4, 0.5) is 0 Å². The second-order valence-corrected chi connectivity index (χ2v) is 7.23. The van der Waals surface area contributed by atoms with Gasteiger partial charge >= 0.3 is 5.97 Å². The van der Waals surface area contributed by atoms with Crippen LogP contribution in [-0.4, -0.2) is 23.5 Å². The summed E-state index contributed by atoms with van der Waals surface area (Å²) in [5.41, 5.74) is 3.10. The predicted octanol–water partition coefficient (Wildman–Crippen LogP) is 4.34. The molecule has 3 rings (SSSR count). The van der Waals surface area contributed by atoms with Crippen molar-refractivity contribution in [1.29, 1.82) is 0 Å². The van der Waals surface area contributed by atoms with E-state index in [1.807, 2.05) is 36.4 Å². The molecule has 1 aliphatic rings. The quantitative estimate of drug-likeness (QED) is 0.481. The fourth-order valence-electron chi connectivity index (χ4n) is 2.95. The van der Waals surface area contributed by atoms with Crippen molar-refractivity contribution in [3.63, 3.8) is 0 Å². The zero-order valence-electron chi connectivity index (χ0n) is 14.4. The van der Waals surface area contributed by atoms with Crippen molar-refractivity contribution in [2.24, 2.45) is 0 Å². The van der Waals surface area contributed by atoms with Crippen LogP contribution in [0.1, 0.15) is 36.8 Å². The number of nitrogens with one attached hydrogen (secondary N) is 1. The maximum atomic E-state index is 12.4. The number of hydrogen-bond donors (Lipinski definition) is 2. The van der Waals surface area contributed by atoms with Crippen LogP contribution in [0.25, 0.3) is 5.57 Å². The third-order valence-electron chi connectivity index (χ3n) is 4.22. The molecule has 4 nitrogen and oxygen atoms in total. The van der Waals surface area contributed by atoms with Crippen LogP contribution in [0.15, 0.2) is 64.4 Å². The third-order valence-corrected chi connectivity index (χ3v) is 5.37. The van der Waals surface area contributed by atoms with Gasteiger partial charge in [-0.15, -0.1) is 0 Å². The molecule has 0 atom stereocenters. The molecular formula is C21H21NO3S. The van der Waals surface area contributed by atoms with Crippen molar-refractivity contribution in [2.75, 3.05) is 6.54 Å². The number of carbonyl (C=O) groups excluding carboxylic acids is 1. The molecule has 1 heterocycles. The average molecular weight is 367 g/mol. The molecule has 26 heavy (non-hydrogen) atoms. The summed E-state index contributed by atoms with van der Waals surface area (Å²) in [5.74, 6) is -0.888. The van der Waals surface area contributed by atoms with E-state index < -0.39 is 5.97 Å². The molecule has 0 fully saturated rings. The van der Waals surface area contributed by atoms with E-state index in [1.165, 1.54) is 0 Å². The number of unbranched alkanes of at least 4 members (excludes halogenated alkanes) is 2. The Balaban J connectivity index is 1.68. The summed E-state index contributed by atoms with van der Waals surface area (Å²) in [7, 11) is 0. The Morgan fingerprint density at radius 2 is 1.54 bits per heavy atom. The number of carboxylic acid groups (broad SMARTS) is 1. The molecular weight excluding hydrogens is 346 g/mol. The van der Waals surface area contributed by atoms with Crippen LogP contribution in [0.5, 0.6) is 0 Å². The molecule has 1 aliphatic heterocycles. The van der Waals surface area contributed by atoms with Crippen molar-refractivity contribution in [1.82, 2.24) is 5.32 Å². The number of aliphatic carboxylic acids is 1. The summed E-state index contributed by atoms with van der Waals surface area (Å²) in [6.07, 6.45) is 4.08. The van der Waals surface area contributed by atoms with E-state index in [9.17, 15) is 9.59 Å². The Bertz CT molecular complexity index is 797. The first-order valence-corrected chi connectivity index (χ1v) is 9.55. The molecule has 0 saturated heterocycles. The first-order chi connectivity index (χ1) is 12.6. The minimum absolute atomic E-state index is 0.116. The van der Waals surface area contributed by atoms with Gasteiger partial charge in [-0.25, -0.2) is 0 Å². The topological polar surface area (TPSA) is 66.4 Å². The molecule has 2 aromatic rings. The van der Waals surface area contributed by atoms with E-state index in [2.05, 4.69) is 17.4 Å². The van der Waals surface area contributed by atoms with Gasteiger partial charge in [0, 0.05) is 28.8 Å². The predicted molar refractivity (Wildman–Crippen MR) is 103 cm³/mol. The molecule has 5 heteroatoms. The zero-order chi connectivity index (χ0) is 18.4. The van der Waals surface area contributed by atoms with Crippen molar-refractivity contribution in [2.45, 2.75) is 35.5 Å². The molecule has 2 N–H and O–H groups in total. The SMILES string of the molecule is O=C(O)CCCCCNC(=O)C=C1c2ccccc2Sc2ccccc21. The molecule has 0 saturated carbocycles. The number of hydrogen-bond acceptors (Lipinski definition) is 3. The molecule has 0 bridgehead atoms. The molecule has 0 aromatic heterocycles. The third kappa shape index (κ3) is 4.55. The smallest absolute Gasteiger partial charge is 0.303 e. The van der Waals surface area contributed by atoms with Gasteiger partial charge in [-0.1, -0.05) is 54.6 Å². The van der Waals surface area contributed by atoms with Gasteiger partial charge in [-0.2, -0.15) is 0 Å². The molecule has 134 valence electrons. The van der Waals surface area contributed by atoms with E-state index in [0.29, 0.717) is 13.0 Å². The Kier molecular flexibility index (Phi) is 6.12. The van der Waals surface area contributed by atoms with Gasteiger partial charge in [0.05, 0.1) is 0 Å². The molecule has 2 aromatic carbocycles. The Morgan fingerprint density at radius 1 is 0.923 bits per heavy atom. The highest BCUT2D eigenvalue weighted by molar-refractivity contribution is 7.99. The number of benzene rings is 2. The number of carboxylic acids is 1. The summed E-state index contributed by atoms with van der Waals surface area (Å²) in [5, 5.41) is 11.5. The number of rotatable bonds is 7. The minimum Gasteiger partial charge on any atom is -0.481 e. The van der Waals surface area contributed by atoms with Gasteiger partial charge < -0.3 is 10.4 Å². The lowest BCUT2D eigenvalue weighted by Gasteiger charge is -2.21. The number of amides is 1. The maximum Gasteiger partial charge on any atom is 0.303 e. The highest BCUT2D eigenvalue weighted by Gasteiger charge is 2.20. The standard InChI is InChI=1S/C21H21NO3S/c23-20(22-13-7-1-2-12-21(24)25)14-17-15-8-3-5-10-18(15)26-19-11-6-4-9-16(17)19/h3-6,8-11,14H,1-2,7,12-13H2,(H,22,23)(H,24,25). The summed E-state index contributed by atoms with van der Waals surface area (Å²) < 4.78 is 0. The van der Waals surface area contributed by atoms with Crippen molar-refractivity contribution in [3.8, 4) is 0 Å². The van der Waals surface area contributed by atoms with Gasteiger partial charge in [0.1, 0.15) is 0 Å². The summed E-state index contributed by atoms with van der Waals surface area (Å²) in [6, 6.07) is 16.2. The minimum atomic E-state index is -0.772. The van der Waals surface area contributed by atoms with Crippen molar-refractivity contribution >= 4 is 29.2 Å². The van der Waals surface area contributed by atoms with Crippen LogP contribution >= 0.6 is 11.8 Å². The highest BCUT2D eigenvalue weighted by atomic mass is 32.2. The van der Waals surface area contributed by atoms with E-state index in [0.717, 1.165) is 39.3 Å². The Labute approximate surface area is 157 Å². The van der Waals surface area contributed by atoms with E-state index in [-0.39, 0.29) is 12.3 Å². The van der Waals surface area contributed by atoms with Crippen molar-refractivity contribution < 1.29 is 14.7 Å². The summed E-state index contributed by atoms with van der Waals surface area (Å²) in [6.45, 7) is 0.556. The largest absolute Gasteiger partial charge is 0.481 e. The van der Waals surface area contributed by atoms with Crippen LogP contribution in [0.2, 0.25) is 0 Å². The lowest BCUT2D eigenvalue weighted by atomic mass is 9.96. The molecule has 0 unspecified atom stereocenters. The summed E-state index contributed by atoms with van der Waals surface area (Å²) >= 11 is 1.72. The first kappa shape index (κ1) is 18.3. The highest BCUT2D eigenvalue weighted by Crippen LogP contribution is 2.44. The zero-order valence-corrected chi connectivity index (χ0v) is 15.2. The van der Waals surface area contributed by atoms with Gasteiger partial charge in [0.25, 0.3) is 0 Å². The fraction of sp³-hybridized carbons (Fsp3) is 0.238. The second-order valence-electron chi connectivity index (χ2n) is 6.15. The van der Waals surface area contributed by atoms with Crippen molar-refractivity contribution in [3.05, 3.63) is 65.7 Å². The van der Waals surface area contributed by atoms with Crippen LogP contribution in [-0.2, 0) is 9.59 Å². The molecule has 0 radical (unpaired) electrons. The van der Waals surface area contributed by atoms with Gasteiger partial charge in [-0.05, 0) is 41.7 Å². The average Bonchev–Trinajstić information content (AvgIpc) is 2.64. The van der Waals surface area contributed by atoms with Gasteiger partial charge in [0.2, 0.25) is 5.91 Å². The van der Waals surface area contributed by atoms with Crippen LogP contribution < -0.4 is 5.32 Å². The molecule has 0 spiro atoms. The second kappa shape index (κ2) is 8.72. The molecule has 0 aliphatic carbocycles. The monoisotopic (exact) mass is 367 g/mol. The van der Waals surface area contributed by atoms with E-state index in [4.69, 9.17) is 5.11 Å². The number of carbonyl (C=O) groups is 2. The lowest BCUT2D eigenvalue weighted by Crippen LogP contribution is -2.22. The Morgan fingerprint density at radius 3 is 2.15 bits per heavy atom. The van der Waals surface area contributed by atoms with E-state index in [1.54, 1.807) is 17.8 Å². The number of fused-ring (bicyclic) bond motifs is 2. The molecule has 1 amide bonds. The first-order valence-electron chi connectivity index (χ1n) is 8.73. The Hall–Kier alpha value is -2.53. The normalized spacial score (nSPS) is 12.1. The van der Waals surface area contributed by atoms with E-state index >= 15 is 0 Å².